The molecule has 2 aromatic rings. The molecular formula is C14H13NO2. The van der Waals surface area contributed by atoms with Crippen LogP contribution < -0.4 is 0 Å². The van der Waals surface area contributed by atoms with Crippen LogP contribution in [0.15, 0.2) is 47.5 Å². The van der Waals surface area contributed by atoms with E-state index in [-0.39, 0.29) is 11.5 Å². The summed E-state index contributed by atoms with van der Waals surface area (Å²) in [7, 11) is 0. The van der Waals surface area contributed by atoms with Crippen molar-refractivity contribution in [1.82, 2.24) is 0 Å². The van der Waals surface area contributed by atoms with Gasteiger partial charge in [0.1, 0.15) is 11.5 Å². The van der Waals surface area contributed by atoms with Crippen molar-refractivity contribution in [3.63, 3.8) is 0 Å². The van der Waals surface area contributed by atoms with E-state index in [1.54, 1.807) is 0 Å². The van der Waals surface area contributed by atoms with Crippen molar-refractivity contribution < 1.29 is 10.2 Å². The molecule has 0 aliphatic carbocycles. The molecule has 0 aliphatic heterocycles. The maximum Gasteiger partial charge on any atom is 0.124 e. The number of aryl methyl sites for hydroxylation is 1. The highest BCUT2D eigenvalue weighted by Crippen LogP contribution is 2.21. The van der Waals surface area contributed by atoms with Crippen LogP contribution in [0.4, 0.5) is 5.69 Å². The molecule has 0 aliphatic rings. The minimum absolute atomic E-state index is 0.0960. The molecular weight excluding hydrogens is 214 g/mol. The van der Waals surface area contributed by atoms with Gasteiger partial charge in [-0.3, -0.25) is 4.99 Å². The largest absolute Gasteiger partial charge is 0.508 e. The third-order valence-corrected chi connectivity index (χ3v) is 2.40. The number of phenolic OH excluding ortho intramolecular Hbond substituents is 2. The summed E-state index contributed by atoms with van der Waals surface area (Å²) in [5.41, 5.74) is 2.47. The SMILES string of the molecule is Cc1ccc(N=Cc2cc(O)ccc2O)cc1. The fraction of sp³-hybridized carbons (Fsp3) is 0.0714. The maximum atomic E-state index is 9.55. The van der Waals surface area contributed by atoms with Gasteiger partial charge in [-0.25, -0.2) is 0 Å². The molecule has 0 radical (unpaired) electrons. The average Bonchev–Trinajstić information content (AvgIpc) is 2.32. The first-order valence-corrected chi connectivity index (χ1v) is 5.28. The van der Waals surface area contributed by atoms with Crippen molar-refractivity contribution in [3.8, 4) is 11.5 Å². The first-order chi connectivity index (χ1) is 8.15. The van der Waals surface area contributed by atoms with Gasteiger partial charge in [0.15, 0.2) is 0 Å². The zero-order valence-electron chi connectivity index (χ0n) is 9.46. The third-order valence-electron chi connectivity index (χ3n) is 2.40. The predicted octanol–water partition coefficient (Wildman–Crippen LogP) is 3.16. The molecule has 0 saturated carbocycles. The molecule has 0 spiro atoms. The molecule has 2 aromatic carbocycles. The van der Waals surface area contributed by atoms with E-state index < -0.39 is 0 Å². The highest BCUT2D eigenvalue weighted by Gasteiger charge is 1.99. The zero-order valence-corrected chi connectivity index (χ0v) is 9.46. The van der Waals surface area contributed by atoms with Gasteiger partial charge in [-0.2, -0.15) is 0 Å². The van der Waals surface area contributed by atoms with E-state index >= 15 is 0 Å². The number of benzene rings is 2. The lowest BCUT2D eigenvalue weighted by Gasteiger charge is -1.99. The first kappa shape index (κ1) is 11.2. The molecule has 0 unspecified atom stereocenters. The van der Waals surface area contributed by atoms with Gasteiger partial charge in [0.25, 0.3) is 0 Å². The fourth-order valence-corrected chi connectivity index (χ4v) is 1.42. The van der Waals surface area contributed by atoms with E-state index in [0.717, 1.165) is 5.69 Å². The van der Waals surface area contributed by atoms with Gasteiger partial charge >= 0.3 is 0 Å². The summed E-state index contributed by atoms with van der Waals surface area (Å²) >= 11 is 0. The molecule has 0 saturated heterocycles. The van der Waals surface area contributed by atoms with Crippen LogP contribution in [0, 0.1) is 6.92 Å². The van der Waals surface area contributed by atoms with E-state index in [9.17, 15) is 10.2 Å². The van der Waals surface area contributed by atoms with Gasteiger partial charge in [0.05, 0.1) is 5.69 Å². The summed E-state index contributed by atoms with van der Waals surface area (Å²) in [6, 6.07) is 12.1. The van der Waals surface area contributed by atoms with Gasteiger partial charge in [0.2, 0.25) is 0 Å². The predicted molar refractivity (Wildman–Crippen MR) is 68.2 cm³/mol. The molecule has 0 atom stereocenters. The Bertz CT molecular complexity index is 545. The Kier molecular flexibility index (Phi) is 3.10. The Hall–Kier alpha value is -2.29. The number of aliphatic imine (C=N–C) groups is 1. The second kappa shape index (κ2) is 4.70. The average molecular weight is 227 g/mol. The summed E-state index contributed by atoms with van der Waals surface area (Å²) in [5.74, 6) is 0.201. The van der Waals surface area contributed by atoms with Gasteiger partial charge in [-0.1, -0.05) is 17.7 Å². The normalized spacial score (nSPS) is 10.9. The van der Waals surface area contributed by atoms with Gasteiger partial charge < -0.3 is 10.2 Å². The third kappa shape index (κ3) is 2.84. The van der Waals surface area contributed by atoms with Crippen LogP contribution >= 0.6 is 0 Å². The highest BCUT2D eigenvalue weighted by molar-refractivity contribution is 5.85. The Morgan fingerprint density at radius 3 is 2.41 bits per heavy atom. The molecule has 2 rings (SSSR count). The van der Waals surface area contributed by atoms with Crippen molar-refractivity contribution in [3.05, 3.63) is 53.6 Å². The molecule has 0 bridgehead atoms. The zero-order chi connectivity index (χ0) is 12.3. The quantitative estimate of drug-likeness (QED) is 0.611. The second-order valence-electron chi connectivity index (χ2n) is 3.84. The minimum atomic E-state index is 0.0960. The van der Waals surface area contributed by atoms with Gasteiger partial charge in [-0.15, -0.1) is 0 Å². The smallest absolute Gasteiger partial charge is 0.124 e. The van der Waals surface area contributed by atoms with Crippen LogP contribution in [0.1, 0.15) is 11.1 Å². The molecule has 2 N–H and O–H groups in total. The van der Waals surface area contributed by atoms with E-state index in [4.69, 9.17) is 0 Å². The Balaban J connectivity index is 2.25. The Morgan fingerprint density at radius 2 is 1.71 bits per heavy atom. The lowest BCUT2D eigenvalue weighted by molar-refractivity contribution is 0.459. The van der Waals surface area contributed by atoms with Crippen molar-refractivity contribution in [2.45, 2.75) is 6.92 Å². The van der Waals surface area contributed by atoms with E-state index in [2.05, 4.69) is 4.99 Å². The summed E-state index contributed by atoms with van der Waals surface area (Å²) < 4.78 is 0. The Morgan fingerprint density at radius 1 is 1.00 bits per heavy atom. The number of hydrogen-bond acceptors (Lipinski definition) is 3. The van der Waals surface area contributed by atoms with E-state index in [1.165, 1.54) is 30.0 Å². The fourth-order valence-electron chi connectivity index (χ4n) is 1.42. The molecule has 0 amide bonds. The number of aromatic hydroxyl groups is 2. The van der Waals surface area contributed by atoms with Crippen LogP contribution in [-0.2, 0) is 0 Å². The summed E-state index contributed by atoms with van der Waals surface area (Å²) in [5, 5.41) is 18.9. The van der Waals surface area contributed by atoms with Crippen molar-refractivity contribution >= 4 is 11.9 Å². The summed E-state index contributed by atoms with van der Waals surface area (Å²) in [6.45, 7) is 2.01. The van der Waals surface area contributed by atoms with Crippen LogP contribution in [0.25, 0.3) is 0 Å². The van der Waals surface area contributed by atoms with E-state index in [0.29, 0.717) is 5.56 Å². The highest BCUT2D eigenvalue weighted by atomic mass is 16.3. The lowest BCUT2D eigenvalue weighted by atomic mass is 10.2. The molecule has 0 heterocycles. The number of rotatable bonds is 2. The first-order valence-electron chi connectivity index (χ1n) is 5.28. The number of nitrogens with zero attached hydrogens (tertiary/aromatic N) is 1. The van der Waals surface area contributed by atoms with Crippen LogP contribution in [0.3, 0.4) is 0 Å². The summed E-state index contributed by atoms with van der Waals surface area (Å²) in [6.07, 6.45) is 1.53. The second-order valence-corrected chi connectivity index (χ2v) is 3.84. The number of hydrogen-bond donors (Lipinski definition) is 2. The van der Waals surface area contributed by atoms with Crippen LogP contribution in [0.2, 0.25) is 0 Å². The van der Waals surface area contributed by atoms with Crippen LogP contribution in [0.5, 0.6) is 11.5 Å². The standard InChI is InChI=1S/C14H13NO2/c1-10-2-4-12(5-3-10)15-9-11-8-13(16)6-7-14(11)17/h2-9,16-17H,1H3. The summed E-state index contributed by atoms with van der Waals surface area (Å²) in [4.78, 5) is 4.22. The lowest BCUT2D eigenvalue weighted by Crippen LogP contribution is -1.81. The molecule has 3 heteroatoms. The van der Waals surface area contributed by atoms with Crippen molar-refractivity contribution in [1.29, 1.82) is 0 Å². The maximum absolute atomic E-state index is 9.55. The molecule has 17 heavy (non-hydrogen) atoms. The molecule has 3 nitrogen and oxygen atoms in total. The minimum Gasteiger partial charge on any atom is -0.508 e. The molecule has 86 valence electrons. The van der Waals surface area contributed by atoms with E-state index in [1.807, 2.05) is 31.2 Å². The van der Waals surface area contributed by atoms with Crippen molar-refractivity contribution in [2.75, 3.05) is 0 Å². The van der Waals surface area contributed by atoms with Gasteiger partial charge in [-0.05, 0) is 37.3 Å². The van der Waals surface area contributed by atoms with Crippen molar-refractivity contribution in [2.24, 2.45) is 4.99 Å². The van der Waals surface area contributed by atoms with Crippen LogP contribution in [-0.4, -0.2) is 16.4 Å². The molecule has 0 fully saturated rings. The van der Waals surface area contributed by atoms with Gasteiger partial charge in [0, 0.05) is 11.8 Å². The molecule has 0 aromatic heterocycles. The number of phenols is 2. The topological polar surface area (TPSA) is 52.8 Å². The Labute approximate surface area is 99.7 Å². The monoisotopic (exact) mass is 227 g/mol.